The molecule has 4 aliphatic rings. The highest BCUT2D eigenvalue weighted by Crippen LogP contribution is 2.60. The fourth-order valence-corrected chi connectivity index (χ4v) is 5.98. The molecule has 6 heteroatoms. The summed E-state index contributed by atoms with van der Waals surface area (Å²) in [6, 6.07) is 4.84. The molecule has 1 aromatic carbocycles. The summed E-state index contributed by atoms with van der Waals surface area (Å²) in [5.74, 6) is 1.40. The van der Waals surface area contributed by atoms with Gasteiger partial charge in [0.05, 0.1) is 16.1 Å². The standard InChI is InChI=1S/C20H23Cl2NO3/c1-11(18(24)23-17-3-2-15(21)7-16(17)22)26-19(25)20-8-12-4-13(9-20)6-14(5-12)10-20/h2-3,7,11-14H,4-6,8-10H2,1H3,(H,23,24). The smallest absolute Gasteiger partial charge is 0.312 e. The molecular weight excluding hydrogens is 373 g/mol. The molecule has 1 amide bonds. The zero-order chi connectivity index (χ0) is 18.5. The Hall–Kier alpha value is -1.26. The van der Waals surface area contributed by atoms with Gasteiger partial charge in [-0.25, -0.2) is 0 Å². The fraction of sp³-hybridized carbons (Fsp3) is 0.600. The molecule has 1 N–H and O–H groups in total. The first-order valence-electron chi connectivity index (χ1n) is 9.31. The van der Waals surface area contributed by atoms with Gasteiger partial charge in [-0.2, -0.15) is 0 Å². The summed E-state index contributed by atoms with van der Waals surface area (Å²) < 4.78 is 5.61. The van der Waals surface area contributed by atoms with Gasteiger partial charge in [0, 0.05) is 5.02 Å². The average molecular weight is 396 g/mol. The van der Waals surface area contributed by atoms with E-state index >= 15 is 0 Å². The molecular formula is C20H23Cl2NO3. The van der Waals surface area contributed by atoms with Gasteiger partial charge in [0.15, 0.2) is 6.10 Å². The molecule has 4 saturated carbocycles. The minimum Gasteiger partial charge on any atom is -0.452 e. The van der Waals surface area contributed by atoms with Crippen LogP contribution in [0.25, 0.3) is 0 Å². The van der Waals surface area contributed by atoms with Crippen molar-refractivity contribution >= 4 is 40.8 Å². The van der Waals surface area contributed by atoms with Crippen molar-refractivity contribution in [2.75, 3.05) is 5.32 Å². The van der Waals surface area contributed by atoms with Crippen LogP contribution in [0.4, 0.5) is 5.69 Å². The van der Waals surface area contributed by atoms with E-state index in [4.69, 9.17) is 27.9 Å². The van der Waals surface area contributed by atoms with Crippen molar-refractivity contribution in [3.05, 3.63) is 28.2 Å². The molecule has 0 spiro atoms. The van der Waals surface area contributed by atoms with Crippen molar-refractivity contribution in [1.29, 1.82) is 0 Å². The second kappa shape index (κ2) is 6.72. The molecule has 4 bridgehead atoms. The lowest BCUT2D eigenvalue weighted by atomic mass is 9.49. The van der Waals surface area contributed by atoms with Crippen molar-refractivity contribution in [2.24, 2.45) is 23.2 Å². The number of benzene rings is 1. The van der Waals surface area contributed by atoms with E-state index in [1.54, 1.807) is 25.1 Å². The highest BCUT2D eigenvalue weighted by atomic mass is 35.5. The number of rotatable bonds is 4. The van der Waals surface area contributed by atoms with E-state index in [-0.39, 0.29) is 17.3 Å². The zero-order valence-corrected chi connectivity index (χ0v) is 16.3. The Morgan fingerprint density at radius 3 is 2.23 bits per heavy atom. The number of halogens is 2. The van der Waals surface area contributed by atoms with Crippen LogP contribution in [0.3, 0.4) is 0 Å². The summed E-state index contributed by atoms with van der Waals surface area (Å²) in [6.45, 7) is 1.61. The average Bonchev–Trinajstić information content (AvgIpc) is 2.56. The van der Waals surface area contributed by atoms with E-state index in [0.29, 0.717) is 33.5 Å². The van der Waals surface area contributed by atoms with Crippen LogP contribution in [0.15, 0.2) is 18.2 Å². The molecule has 1 atom stereocenters. The van der Waals surface area contributed by atoms with Gasteiger partial charge in [0.1, 0.15) is 0 Å². The number of hydrogen-bond acceptors (Lipinski definition) is 3. The molecule has 0 aromatic heterocycles. The molecule has 4 aliphatic carbocycles. The maximum atomic E-state index is 12.9. The first-order valence-corrected chi connectivity index (χ1v) is 10.1. The Kier molecular flexibility index (Phi) is 4.68. The van der Waals surface area contributed by atoms with Crippen molar-refractivity contribution < 1.29 is 14.3 Å². The molecule has 0 radical (unpaired) electrons. The molecule has 0 heterocycles. The van der Waals surface area contributed by atoms with Gasteiger partial charge in [0.2, 0.25) is 0 Å². The van der Waals surface area contributed by atoms with Crippen LogP contribution >= 0.6 is 23.2 Å². The van der Waals surface area contributed by atoms with E-state index in [9.17, 15) is 9.59 Å². The molecule has 5 rings (SSSR count). The molecule has 26 heavy (non-hydrogen) atoms. The quantitative estimate of drug-likeness (QED) is 0.723. The third-order valence-electron chi connectivity index (χ3n) is 6.31. The number of ether oxygens (including phenoxy) is 1. The summed E-state index contributed by atoms with van der Waals surface area (Å²) in [7, 11) is 0. The SMILES string of the molecule is CC(OC(=O)C12CC3CC(CC(C3)C1)C2)C(=O)Nc1ccc(Cl)cc1Cl. The third-order valence-corrected chi connectivity index (χ3v) is 6.86. The highest BCUT2D eigenvalue weighted by molar-refractivity contribution is 6.36. The van der Waals surface area contributed by atoms with Crippen LogP contribution in [-0.4, -0.2) is 18.0 Å². The third kappa shape index (κ3) is 3.34. The Labute approximate surface area is 163 Å². The largest absolute Gasteiger partial charge is 0.452 e. The first kappa shape index (κ1) is 18.1. The summed E-state index contributed by atoms with van der Waals surface area (Å²) in [6.07, 6.45) is 5.70. The second-order valence-corrected chi connectivity index (χ2v) is 9.20. The monoisotopic (exact) mass is 395 g/mol. The maximum absolute atomic E-state index is 12.9. The van der Waals surface area contributed by atoms with Gasteiger partial charge < -0.3 is 10.1 Å². The van der Waals surface area contributed by atoms with Crippen molar-refractivity contribution in [2.45, 2.75) is 51.6 Å². The Balaban J connectivity index is 1.40. The van der Waals surface area contributed by atoms with E-state index in [1.165, 1.54) is 19.3 Å². The fourth-order valence-electron chi connectivity index (χ4n) is 5.52. The normalized spacial score (nSPS) is 33.0. The number of anilines is 1. The topological polar surface area (TPSA) is 55.4 Å². The van der Waals surface area contributed by atoms with Gasteiger partial charge in [-0.05, 0) is 81.4 Å². The van der Waals surface area contributed by atoms with Crippen LogP contribution in [-0.2, 0) is 14.3 Å². The molecule has 4 fully saturated rings. The van der Waals surface area contributed by atoms with Gasteiger partial charge in [0.25, 0.3) is 5.91 Å². The summed E-state index contributed by atoms with van der Waals surface area (Å²) >= 11 is 12.0. The van der Waals surface area contributed by atoms with E-state index in [1.807, 2.05) is 0 Å². The number of esters is 1. The minimum absolute atomic E-state index is 0.193. The lowest BCUT2D eigenvalue weighted by Gasteiger charge is -2.55. The number of amides is 1. The highest BCUT2D eigenvalue weighted by Gasteiger charge is 2.55. The summed E-state index contributed by atoms with van der Waals surface area (Å²) in [4.78, 5) is 25.4. The lowest BCUT2D eigenvalue weighted by molar-refractivity contribution is -0.177. The molecule has 1 unspecified atom stereocenters. The molecule has 0 saturated heterocycles. The maximum Gasteiger partial charge on any atom is 0.312 e. The Morgan fingerprint density at radius 1 is 1.12 bits per heavy atom. The zero-order valence-electron chi connectivity index (χ0n) is 14.8. The molecule has 4 nitrogen and oxygen atoms in total. The van der Waals surface area contributed by atoms with Gasteiger partial charge >= 0.3 is 5.97 Å². The minimum atomic E-state index is -0.859. The number of hydrogen-bond donors (Lipinski definition) is 1. The van der Waals surface area contributed by atoms with E-state index < -0.39 is 6.10 Å². The second-order valence-electron chi connectivity index (χ2n) is 8.36. The van der Waals surface area contributed by atoms with E-state index in [0.717, 1.165) is 19.3 Å². The van der Waals surface area contributed by atoms with Crippen LogP contribution in [0.2, 0.25) is 10.0 Å². The van der Waals surface area contributed by atoms with Crippen LogP contribution < -0.4 is 5.32 Å². The summed E-state index contributed by atoms with van der Waals surface area (Å²) in [5.41, 5.74) is 0.0973. The van der Waals surface area contributed by atoms with Crippen LogP contribution in [0.5, 0.6) is 0 Å². The van der Waals surface area contributed by atoms with Gasteiger partial charge in [-0.3, -0.25) is 9.59 Å². The van der Waals surface area contributed by atoms with Crippen LogP contribution in [0, 0.1) is 23.2 Å². The number of carbonyl (C=O) groups excluding carboxylic acids is 2. The first-order chi connectivity index (χ1) is 12.3. The Bertz CT molecular complexity index is 713. The Morgan fingerprint density at radius 2 is 1.69 bits per heavy atom. The van der Waals surface area contributed by atoms with Gasteiger partial charge in [-0.15, -0.1) is 0 Å². The molecule has 140 valence electrons. The predicted molar refractivity (Wildman–Crippen MR) is 101 cm³/mol. The van der Waals surface area contributed by atoms with Gasteiger partial charge in [-0.1, -0.05) is 23.2 Å². The van der Waals surface area contributed by atoms with Crippen molar-refractivity contribution in [3.8, 4) is 0 Å². The predicted octanol–water partition coefficient (Wildman–Crippen LogP) is 5.08. The lowest BCUT2D eigenvalue weighted by Crippen LogP contribution is -2.51. The molecule has 1 aromatic rings. The van der Waals surface area contributed by atoms with E-state index in [2.05, 4.69) is 5.32 Å². The number of carbonyl (C=O) groups is 2. The van der Waals surface area contributed by atoms with Crippen molar-refractivity contribution in [1.82, 2.24) is 0 Å². The molecule has 0 aliphatic heterocycles. The summed E-state index contributed by atoms with van der Waals surface area (Å²) in [5, 5.41) is 3.56. The van der Waals surface area contributed by atoms with Crippen LogP contribution in [0.1, 0.15) is 45.4 Å². The van der Waals surface area contributed by atoms with Crippen molar-refractivity contribution in [3.63, 3.8) is 0 Å². The number of nitrogens with one attached hydrogen (secondary N) is 1.